The number of rotatable bonds is 0. The molecular formula is C5H20O5Si5. The molecule has 0 atom stereocenters. The molecule has 1 fully saturated rings. The first-order valence-corrected chi connectivity index (χ1v) is 15.7. The van der Waals surface area contributed by atoms with Gasteiger partial charge < -0.3 is 20.6 Å². The van der Waals surface area contributed by atoms with Gasteiger partial charge in [-0.05, 0) is 32.7 Å². The molecule has 1 aliphatic heterocycles. The highest BCUT2D eigenvalue weighted by molar-refractivity contribution is 6.72. The van der Waals surface area contributed by atoms with Crippen molar-refractivity contribution in [2.24, 2.45) is 0 Å². The minimum atomic E-state index is -1.53. The van der Waals surface area contributed by atoms with Crippen molar-refractivity contribution in [3.8, 4) is 0 Å². The fraction of sp³-hybridized carbons (Fsp3) is 1.00. The Morgan fingerprint density at radius 3 is 0.667 bits per heavy atom. The Bertz CT molecular complexity index is 140. The number of hydrogen-bond donors (Lipinski definition) is 0. The van der Waals surface area contributed by atoms with E-state index in [4.69, 9.17) is 20.6 Å². The third-order valence-corrected chi connectivity index (χ3v) is 17.2. The lowest BCUT2D eigenvalue weighted by atomic mass is 11.9. The average Bonchev–Trinajstić information content (AvgIpc) is 1.98. The second-order valence-electron chi connectivity index (χ2n) is 3.52. The van der Waals surface area contributed by atoms with E-state index in [1.165, 1.54) is 0 Å². The highest BCUT2D eigenvalue weighted by Gasteiger charge is 2.25. The van der Waals surface area contributed by atoms with E-state index in [1.54, 1.807) is 0 Å². The molecule has 0 aromatic rings. The lowest BCUT2D eigenvalue weighted by molar-refractivity contribution is 0.295. The minimum Gasteiger partial charge on any atom is -0.420 e. The minimum absolute atomic E-state index is 1.53. The van der Waals surface area contributed by atoms with Crippen LogP contribution in [0.4, 0.5) is 0 Å². The van der Waals surface area contributed by atoms with E-state index >= 15 is 0 Å². The summed E-state index contributed by atoms with van der Waals surface area (Å²) < 4.78 is 28.8. The van der Waals surface area contributed by atoms with Crippen LogP contribution in [0.15, 0.2) is 0 Å². The summed E-state index contributed by atoms with van der Waals surface area (Å²) in [5, 5.41) is 0. The van der Waals surface area contributed by atoms with E-state index in [0.717, 1.165) is 0 Å². The zero-order chi connectivity index (χ0) is 11.4. The van der Waals surface area contributed by atoms with Crippen LogP contribution in [0.3, 0.4) is 0 Å². The van der Waals surface area contributed by atoms with Crippen molar-refractivity contribution in [1.29, 1.82) is 0 Å². The van der Waals surface area contributed by atoms with Gasteiger partial charge in [-0.2, -0.15) is 0 Å². The molecule has 15 heavy (non-hydrogen) atoms. The molecule has 0 amide bonds. The average molecular weight is 301 g/mol. The summed E-state index contributed by atoms with van der Waals surface area (Å²) >= 11 is 0. The maximum absolute atomic E-state index is 5.76. The third kappa shape index (κ3) is 5.67. The molecule has 0 unspecified atom stereocenters. The van der Waals surface area contributed by atoms with Crippen molar-refractivity contribution < 1.29 is 20.6 Å². The third-order valence-electron chi connectivity index (χ3n) is 1.92. The van der Waals surface area contributed by atoms with Crippen molar-refractivity contribution in [2.45, 2.75) is 32.7 Å². The molecule has 1 rings (SSSR count). The van der Waals surface area contributed by atoms with Gasteiger partial charge in [0.05, 0.1) is 0 Å². The fourth-order valence-electron chi connectivity index (χ4n) is 1.51. The highest BCUT2D eigenvalue weighted by atomic mass is 28.5. The smallest absolute Gasteiger partial charge is 0.300 e. The molecule has 0 aliphatic carbocycles. The molecule has 0 saturated carbocycles. The van der Waals surface area contributed by atoms with Crippen LogP contribution >= 0.6 is 0 Å². The Labute approximate surface area is 99.9 Å². The fourth-order valence-corrected chi connectivity index (χ4v) is 16.5. The first kappa shape index (κ1) is 13.9. The van der Waals surface area contributed by atoms with Gasteiger partial charge in [0.2, 0.25) is 0 Å². The first-order chi connectivity index (χ1) is 6.97. The van der Waals surface area contributed by atoms with Gasteiger partial charge in [0, 0.05) is 0 Å². The Morgan fingerprint density at radius 2 is 0.533 bits per heavy atom. The normalized spacial score (nSPS) is 45.0. The van der Waals surface area contributed by atoms with Crippen molar-refractivity contribution in [3.05, 3.63) is 0 Å². The lowest BCUT2D eigenvalue weighted by Gasteiger charge is -2.28. The monoisotopic (exact) mass is 300 g/mol. The molecule has 90 valence electrons. The standard InChI is InChI=1S/C5H20O5Si5/c1-11-6-12(2)8-14(4)10-15(5)9-13(3)7-11/h11-15H,1-5H3. The van der Waals surface area contributed by atoms with E-state index in [0.29, 0.717) is 0 Å². The van der Waals surface area contributed by atoms with Gasteiger partial charge in [-0.1, -0.05) is 0 Å². The highest BCUT2D eigenvalue weighted by Crippen LogP contribution is 2.06. The molecule has 0 spiro atoms. The summed E-state index contributed by atoms with van der Waals surface area (Å²) in [5.41, 5.74) is 0. The molecule has 0 bridgehead atoms. The molecule has 0 aromatic heterocycles. The van der Waals surface area contributed by atoms with Crippen LogP contribution in [0.25, 0.3) is 0 Å². The van der Waals surface area contributed by atoms with Crippen molar-refractivity contribution >= 4 is 46.4 Å². The van der Waals surface area contributed by atoms with Gasteiger partial charge in [0.25, 0.3) is 46.4 Å². The first-order valence-electron chi connectivity index (χ1n) is 5.24. The molecule has 0 radical (unpaired) electrons. The molecule has 10 heteroatoms. The predicted molar refractivity (Wildman–Crippen MR) is 70.5 cm³/mol. The summed E-state index contributed by atoms with van der Waals surface area (Å²) in [4.78, 5) is 0. The number of hydrogen-bond acceptors (Lipinski definition) is 5. The Balaban J connectivity index is 2.55. The van der Waals surface area contributed by atoms with Gasteiger partial charge in [-0.25, -0.2) is 0 Å². The van der Waals surface area contributed by atoms with Crippen molar-refractivity contribution in [2.75, 3.05) is 0 Å². The van der Waals surface area contributed by atoms with Crippen LogP contribution < -0.4 is 0 Å². The zero-order valence-corrected chi connectivity index (χ0v) is 15.7. The summed E-state index contributed by atoms with van der Waals surface area (Å²) in [6.45, 7) is 10.2. The summed E-state index contributed by atoms with van der Waals surface area (Å²) in [7, 11) is -7.63. The van der Waals surface area contributed by atoms with Crippen LogP contribution in [0.2, 0.25) is 32.7 Å². The van der Waals surface area contributed by atoms with E-state index in [1.807, 2.05) is 32.7 Å². The summed E-state index contributed by atoms with van der Waals surface area (Å²) in [5.74, 6) is 0. The van der Waals surface area contributed by atoms with E-state index in [2.05, 4.69) is 0 Å². The van der Waals surface area contributed by atoms with Gasteiger partial charge in [0.1, 0.15) is 0 Å². The quantitative estimate of drug-likeness (QED) is 0.556. The molecule has 1 aliphatic rings. The maximum Gasteiger partial charge on any atom is 0.300 e. The molecule has 1 saturated heterocycles. The molecular weight excluding hydrogens is 280 g/mol. The second kappa shape index (κ2) is 6.58. The van der Waals surface area contributed by atoms with Gasteiger partial charge in [0.15, 0.2) is 0 Å². The zero-order valence-electron chi connectivity index (χ0n) is 9.93. The molecule has 0 aromatic carbocycles. The van der Waals surface area contributed by atoms with Crippen LogP contribution in [0.5, 0.6) is 0 Å². The van der Waals surface area contributed by atoms with Gasteiger partial charge in [-0.3, -0.25) is 0 Å². The topological polar surface area (TPSA) is 46.2 Å². The van der Waals surface area contributed by atoms with E-state index in [-0.39, 0.29) is 0 Å². The van der Waals surface area contributed by atoms with Crippen molar-refractivity contribution in [1.82, 2.24) is 0 Å². The van der Waals surface area contributed by atoms with E-state index in [9.17, 15) is 0 Å². The van der Waals surface area contributed by atoms with Crippen molar-refractivity contribution in [3.63, 3.8) is 0 Å². The maximum atomic E-state index is 5.76. The largest absolute Gasteiger partial charge is 0.420 e. The van der Waals surface area contributed by atoms with E-state index < -0.39 is 46.4 Å². The lowest BCUT2D eigenvalue weighted by Crippen LogP contribution is -2.44. The predicted octanol–water partition coefficient (Wildman–Crippen LogP) is -0.666. The molecule has 5 nitrogen and oxygen atoms in total. The van der Waals surface area contributed by atoms with Crippen LogP contribution in [-0.2, 0) is 20.6 Å². The SMILES string of the molecule is C[SiH]1O[SiH](C)O[SiH](C)O[SiH](C)O[SiH](C)O1. The summed E-state index contributed by atoms with van der Waals surface area (Å²) in [6.07, 6.45) is 0. The van der Waals surface area contributed by atoms with Crippen LogP contribution in [0.1, 0.15) is 0 Å². The van der Waals surface area contributed by atoms with Gasteiger partial charge in [-0.15, -0.1) is 0 Å². The Morgan fingerprint density at radius 1 is 0.400 bits per heavy atom. The second-order valence-corrected chi connectivity index (χ2v) is 14.6. The molecule has 0 N–H and O–H groups in total. The Kier molecular flexibility index (Phi) is 6.12. The summed E-state index contributed by atoms with van der Waals surface area (Å²) in [6, 6.07) is 0. The van der Waals surface area contributed by atoms with Crippen LogP contribution in [0, 0.1) is 0 Å². The van der Waals surface area contributed by atoms with Crippen LogP contribution in [-0.4, -0.2) is 46.4 Å². The van der Waals surface area contributed by atoms with Gasteiger partial charge >= 0.3 is 0 Å². The molecule has 1 heterocycles. The Hall–Kier alpha value is 0.884.